The van der Waals surface area contributed by atoms with Crippen LogP contribution in [0.25, 0.3) is 0 Å². The van der Waals surface area contributed by atoms with Crippen molar-refractivity contribution in [3.05, 3.63) is 58.5 Å². The highest BCUT2D eigenvalue weighted by atomic mass is 16.6. The van der Waals surface area contributed by atoms with E-state index in [4.69, 9.17) is 0 Å². The summed E-state index contributed by atoms with van der Waals surface area (Å²) in [6, 6.07) is 8.64. The zero-order valence-electron chi connectivity index (χ0n) is 9.61. The first-order chi connectivity index (χ1) is 8.77. The van der Waals surface area contributed by atoms with E-state index in [1.807, 2.05) is 18.2 Å². The molecular weight excluding hydrogens is 232 g/mol. The second-order valence-corrected chi connectivity index (χ2v) is 3.63. The summed E-state index contributed by atoms with van der Waals surface area (Å²) < 4.78 is 0. The van der Waals surface area contributed by atoms with Crippen LogP contribution in [0.2, 0.25) is 0 Å². The molecule has 0 aliphatic heterocycles. The van der Waals surface area contributed by atoms with Crippen LogP contribution >= 0.6 is 0 Å². The molecule has 2 aromatic rings. The largest absolute Gasteiger partial charge is 0.364 e. The van der Waals surface area contributed by atoms with Crippen LogP contribution in [-0.2, 0) is 6.42 Å². The van der Waals surface area contributed by atoms with E-state index in [1.54, 1.807) is 12.3 Å². The molecule has 0 saturated heterocycles. The van der Waals surface area contributed by atoms with Gasteiger partial charge in [-0.2, -0.15) is 0 Å². The first kappa shape index (κ1) is 12.0. The molecule has 0 aliphatic rings. The lowest BCUT2D eigenvalue weighted by atomic mass is 10.2. The van der Waals surface area contributed by atoms with Crippen molar-refractivity contribution in [2.75, 3.05) is 11.9 Å². The molecule has 0 bridgehead atoms. The fourth-order valence-corrected chi connectivity index (χ4v) is 1.54. The average Bonchev–Trinajstić information content (AvgIpc) is 2.40. The number of nitro groups is 1. The molecule has 18 heavy (non-hydrogen) atoms. The lowest BCUT2D eigenvalue weighted by Crippen LogP contribution is -2.08. The Morgan fingerprint density at radius 2 is 2.00 bits per heavy atom. The molecule has 2 aromatic heterocycles. The van der Waals surface area contributed by atoms with Gasteiger partial charge in [-0.25, -0.2) is 4.98 Å². The average molecular weight is 244 g/mol. The van der Waals surface area contributed by atoms with Gasteiger partial charge in [0.2, 0.25) is 5.82 Å². The Morgan fingerprint density at radius 1 is 1.17 bits per heavy atom. The number of hydrogen-bond acceptors (Lipinski definition) is 5. The molecule has 2 rings (SSSR count). The van der Waals surface area contributed by atoms with Crippen molar-refractivity contribution in [2.45, 2.75) is 6.42 Å². The molecule has 0 fully saturated rings. The zero-order chi connectivity index (χ0) is 12.8. The molecule has 0 amide bonds. The quantitative estimate of drug-likeness (QED) is 0.643. The van der Waals surface area contributed by atoms with Crippen LogP contribution in [0.5, 0.6) is 0 Å². The van der Waals surface area contributed by atoms with E-state index < -0.39 is 4.92 Å². The van der Waals surface area contributed by atoms with Crippen molar-refractivity contribution in [2.24, 2.45) is 0 Å². The molecule has 0 aliphatic carbocycles. The molecule has 6 heteroatoms. The standard InChI is InChI=1S/C12H12N4O2/c17-16(18)11-5-3-8-14-12(11)15-9-6-10-4-1-2-7-13-10/h1-5,7-8H,6,9H2,(H,14,15). The topological polar surface area (TPSA) is 81.0 Å². The van der Waals surface area contributed by atoms with Gasteiger partial charge >= 0.3 is 5.69 Å². The molecule has 6 nitrogen and oxygen atoms in total. The highest BCUT2D eigenvalue weighted by Crippen LogP contribution is 2.19. The Morgan fingerprint density at radius 3 is 2.72 bits per heavy atom. The van der Waals surface area contributed by atoms with Gasteiger partial charge in [-0.05, 0) is 18.2 Å². The van der Waals surface area contributed by atoms with E-state index in [0.29, 0.717) is 18.8 Å². The third-order valence-electron chi connectivity index (χ3n) is 2.38. The number of aromatic nitrogens is 2. The minimum absolute atomic E-state index is 0.0153. The van der Waals surface area contributed by atoms with Crippen molar-refractivity contribution in [1.82, 2.24) is 9.97 Å². The number of nitrogens with zero attached hydrogens (tertiary/aromatic N) is 3. The van der Waals surface area contributed by atoms with E-state index in [-0.39, 0.29) is 5.69 Å². The van der Waals surface area contributed by atoms with Gasteiger partial charge in [0.25, 0.3) is 0 Å². The van der Waals surface area contributed by atoms with Crippen LogP contribution in [0, 0.1) is 10.1 Å². The lowest BCUT2D eigenvalue weighted by Gasteiger charge is -2.05. The Kier molecular flexibility index (Phi) is 3.80. The van der Waals surface area contributed by atoms with Crippen LogP contribution < -0.4 is 5.32 Å². The van der Waals surface area contributed by atoms with Crippen LogP contribution in [0.3, 0.4) is 0 Å². The Labute approximate surface area is 104 Å². The van der Waals surface area contributed by atoms with E-state index >= 15 is 0 Å². The summed E-state index contributed by atoms with van der Waals surface area (Å²) in [7, 11) is 0. The maximum Gasteiger partial charge on any atom is 0.311 e. The second kappa shape index (κ2) is 5.72. The fourth-order valence-electron chi connectivity index (χ4n) is 1.54. The minimum Gasteiger partial charge on any atom is -0.364 e. The van der Waals surface area contributed by atoms with Gasteiger partial charge in [0, 0.05) is 37.1 Å². The predicted octanol–water partition coefficient (Wildman–Crippen LogP) is 2.04. The Balaban J connectivity index is 1.97. The first-order valence-corrected chi connectivity index (χ1v) is 5.50. The molecule has 2 heterocycles. The monoisotopic (exact) mass is 244 g/mol. The lowest BCUT2D eigenvalue weighted by molar-refractivity contribution is -0.384. The summed E-state index contributed by atoms with van der Waals surface area (Å²) in [6.07, 6.45) is 3.93. The third-order valence-corrected chi connectivity index (χ3v) is 2.38. The smallest absolute Gasteiger partial charge is 0.311 e. The Hall–Kier alpha value is -2.50. The van der Waals surface area contributed by atoms with Crippen molar-refractivity contribution in [1.29, 1.82) is 0 Å². The highest BCUT2D eigenvalue weighted by molar-refractivity contribution is 5.55. The normalized spacial score (nSPS) is 10.0. The molecule has 0 radical (unpaired) electrons. The van der Waals surface area contributed by atoms with E-state index in [9.17, 15) is 10.1 Å². The summed E-state index contributed by atoms with van der Waals surface area (Å²) in [6.45, 7) is 0.550. The minimum atomic E-state index is -0.448. The third kappa shape index (κ3) is 3.00. The van der Waals surface area contributed by atoms with E-state index in [0.717, 1.165) is 5.69 Å². The van der Waals surface area contributed by atoms with Gasteiger partial charge in [0.15, 0.2) is 0 Å². The molecular formula is C12H12N4O2. The summed E-state index contributed by atoms with van der Waals surface area (Å²) in [5, 5.41) is 13.7. The number of rotatable bonds is 5. The SMILES string of the molecule is O=[N+]([O-])c1cccnc1NCCc1ccccn1. The van der Waals surface area contributed by atoms with Crippen molar-refractivity contribution in [3.8, 4) is 0 Å². The summed E-state index contributed by atoms with van der Waals surface area (Å²) in [5.41, 5.74) is 0.919. The fraction of sp³-hybridized carbons (Fsp3) is 0.167. The van der Waals surface area contributed by atoms with Gasteiger partial charge < -0.3 is 5.32 Å². The van der Waals surface area contributed by atoms with Gasteiger partial charge in [0.1, 0.15) is 0 Å². The van der Waals surface area contributed by atoms with Crippen LogP contribution in [0.1, 0.15) is 5.69 Å². The highest BCUT2D eigenvalue weighted by Gasteiger charge is 2.12. The molecule has 92 valence electrons. The number of anilines is 1. The van der Waals surface area contributed by atoms with Crippen molar-refractivity contribution >= 4 is 11.5 Å². The van der Waals surface area contributed by atoms with E-state index in [1.165, 1.54) is 12.3 Å². The molecule has 0 saturated carbocycles. The maximum atomic E-state index is 10.8. The van der Waals surface area contributed by atoms with Crippen molar-refractivity contribution in [3.63, 3.8) is 0 Å². The summed E-state index contributed by atoms with van der Waals surface area (Å²) in [4.78, 5) is 18.5. The molecule has 1 N–H and O–H groups in total. The zero-order valence-corrected chi connectivity index (χ0v) is 9.61. The molecule has 0 aromatic carbocycles. The summed E-state index contributed by atoms with van der Waals surface area (Å²) in [5.74, 6) is 0.290. The van der Waals surface area contributed by atoms with Crippen LogP contribution in [-0.4, -0.2) is 21.4 Å². The number of hydrogen-bond donors (Lipinski definition) is 1. The predicted molar refractivity (Wildman–Crippen MR) is 67.3 cm³/mol. The number of nitrogens with one attached hydrogen (secondary N) is 1. The van der Waals surface area contributed by atoms with Crippen LogP contribution in [0.15, 0.2) is 42.7 Å². The van der Waals surface area contributed by atoms with Gasteiger partial charge in [-0.15, -0.1) is 0 Å². The molecule has 0 spiro atoms. The number of pyridine rings is 2. The van der Waals surface area contributed by atoms with Gasteiger partial charge in [0.05, 0.1) is 4.92 Å². The molecule has 0 unspecified atom stereocenters. The summed E-state index contributed by atoms with van der Waals surface area (Å²) >= 11 is 0. The van der Waals surface area contributed by atoms with Gasteiger partial charge in [-0.3, -0.25) is 15.1 Å². The van der Waals surface area contributed by atoms with Crippen LogP contribution in [0.4, 0.5) is 11.5 Å². The van der Waals surface area contributed by atoms with Gasteiger partial charge in [-0.1, -0.05) is 6.07 Å². The maximum absolute atomic E-state index is 10.8. The Bertz CT molecular complexity index is 531. The van der Waals surface area contributed by atoms with Crippen molar-refractivity contribution < 1.29 is 4.92 Å². The molecule has 0 atom stereocenters. The first-order valence-electron chi connectivity index (χ1n) is 5.50. The second-order valence-electron chi connectivity index (χ2n) is 3.63. The van der Waals surface area contributed by atoms with E-state index in [2.05, 4.69) is 15.3 Å².